The van der Waals surface area contributed by atoms with Gasteiger partial charge in [-0.1, -0.05) is 43.3 Å². The molecular formula is C21H24N4O. The van der Waals surface area contributed by atoms with E-state index in [9.17, 15) is 0 Å². The Labute approximate surface area is 154 Å². The third kappa shape index (κ3) is 4.30. The zero-order valence-electron chi connectivity index (χ0n) is 15.4. The first kappa shape index (κ1) is 17.7. The third-order valence-corrected chi connectivity index (χ3v) is 3.95. The predicted octanol–water partition coefficient (Wildman–Crippen LogP) is 5.03. The first-order chi connectivity index (χ1) is 12.7. The van der Waals surface area contributed by atoms with Crippen LogP contribution < -0.4 is 15.4 Å². The molecule has 2 N–H and O–H groups in total. The summed E-state index contributed by atoms with van der Waals surface area (Å²) in [4.78, 5) is 9.30. The van der Waals surface area contributed by atoms with Crippen LogP contribution in [0.3, 0.4) is 0 Å². The highest BCUT2D eigenvalue weighted by Crippen LogP contribution is 2.29. The van der Waals surface area contributed by atoms with Crippen LogP contribution in [0.4, 0.5) is 17.5 Å². The van der Waals surface area contributed by atoms with Gasteiger partial charge < -0.3 is 15.4 Å². The summed E-state index contributed by atoms with van der Waals surface area (Å²) in [7, 11) is 1.66. The van der Waals surface area contributed by atoms with Gasteiger partial charge in [0.1, 0.15) is 11.6 Å². The van der Waals surface area contributed by atoms with Gasteiger partial charge in [-0.15, -0.1) is 0 Å². The van der Waals surface area contributed by atoms with Crippen molar-refractivity contribution < 1.29 is 4.74 Å². The van der Waals surface area contributed by atoms with Crippen molar-refractivity contribution in [3.63, 3.8) is 0 Å². The van der Waals surface area contributed by atoms with Crippen molar-refractivity contribution in [2.45, 2.75) is 20.3 Å². The van der Waals surface area contributed by atoms with Gasteiger partial charge in [-0.25, -0.2) is 4.98 Å². The SMILES string of the molecule is CCCNc1cc(-c2ccccc2)nc(Nc2cc(C)ccc2OC)n1. The van der Waals surface area contributed by atoms with Crippen LogP contribution in [-0.2, 0) is 0 Å². The lowest BCUT2D eigenvalue weighted by molar-refractivity contribution is 0.416. The van der Waals surface area contributed by atoms with Crippen LogP contribution in [-0.4, -0.2) is 23.6 Å². The molecule has 0 spiro atoms. The summed E-state index contributed by atoms with van der Waals surface area (Å²) in [5.74, 6) is 2.09. The largest absolute Gasteiger partial charge is 0.495 e. The van der Waals surface area contributed by atoms with Crippen molar-refractivity contribution in [1.29, 1.82) is 0 Å². The predicted molar refractivity (Wildman–Crippen MR) is 107 cm³/mol. The molecule has 0 aliphatic heterocycles. The van der Waals surface area contributed by atoms with Crippen LogP contribution in [0.1, 0.15) is 18.9 Å². The lowest BCUT2D eigenvalue weighted by Gasteiger charge is -2.13. The van der Waals surface area contributed by atoms with E-state index in [1.807, 2.05) is 61.5 Å². The molecule has 5 heteroatoms. The summed E-state index contributed by atoms with van der Waals surface area (Å²) in [5.41, 5.74) is 3.90. The van der Waals surface area contributed by atoms with Gasteiger partial charge in [0.25, 0.3) is 0 Å². The molecule has 0 aliphatic rings. The van der Waals surface area contributed by atoms with E-state index in [1.54, 1.807) is 7.11 Å². The first-order valence-corrected chi connectivity index (χ1v) is 8.79. The molecule has 0 bridgehead atoms. The molecule has 3 aromatic rings. The summed E-state index contributed by atoms with van der Waals surface area (Å²) < 4.78 is 5.45. The molecule has 0 unspecified atom stereocenters. The van der Waals surface area contributed by atoms with Crippen LogP contribution in [0.2, 0.25) is 0 Å². The minimum atomic E-state index is 0.536. The van der Waals surface area contributed by atoms with E-state index in [0.717, 1.165) is 47.0 Å². The monoisotopic (exact) mass is 348 g/mol. The Morgan fingerprint density at radius 1 is 1.00 bits per heavy atom. The van der Waals surface area contributed by atoms with E-state index in [0.29, 0.717) is 5.95 Å². The molecule has 5 nitrogen and oxygen atoms in total. The topological polar surface area (TPSA) is 59.1 Å². The summed E-state index contributed by atoms with van der Waals surface area (Å²) in [5, 5.41) is 6.65. The van der Waals surface area contributed by atoms with Gasteiger partial charge in [0.2, 0.25) is 5.95 Å². The number of hydrogen-bond donors (Lipinski definition) is 2. The molecule has 134 valence electrons. The fourth-order valence-corrected chi connectivity index (χ4v) is 2.64. The molecule has 0 saturated heterocycles. The summed E-state index contributed by atoms with van der Waals surface area (Å²) in [6.45, 7) is 5.03. The number of aromatic nitrogens is 2. The normalized spacial score (nSPS) is 10.4. The molecule has 1 heterocycles. The fraction of sp³-hybridized carbons (Fsp3) is 0.238. The minimum Gasteiger partial charge on any atom is -0.495 e. The molecule has 26 heavy (non-hydrogen) atoms. The number of hydrogen-bond acceptors (Lipinski definition) is 5. The second kappa shape index (κ2) is 8.34. The van der Waals surface area contributed by atoms with Crippen LogP contribution >= 0.6 is 0 Å². The Balaban J connectivity index is 1.99. The van der Waals surface area contributed by atoms with Crippen LogP contribution in [0.5, 0.6) is 5.75 Å². The van der Waals surface area contributed by atoms with Crippen molar-refractivity contribution >= 4 is 17.5 Å². The van der Waals surface area contributed by atoms with Gasteiger partial charge >= 0.3 is 0 Å². The zero-order chi connectivity index (χ0) is 18.4. The number of benzene rings is 2. The standard InChI is InChI=1S/C21H24N4O/c1-4-12-22-20-14-17(16-8-6-5-7-9-16)23-21(25-20)24-18-13-15(2)10-11-19(18)26-3/h5-11,13-14H,4,12H2,1-3H3,(H2,22,23,24,25). The molecule has 1 aromatic heterocycles. The van der Waals surface area contributed by atoms with Crippen molar-refractivity contribution in [3.8, 4) is 17.0 Å². The Morgan fingerprint density at radius 3 is 2.54 bits per heavy atom. The maximum absolute atomic E-state index is 5.45. The van der Waals surface area contributed by atoms with E-state index in [2.05, 4.69) is 22.5 Å². The molecule has 0 aliphatic carbocycles. The molecule has 0 saturated carbocycles. The van der Waals surface area contributed by atoms with Gasteiger partial charge in [0, 0.05) is 18.2 Å². The molecule has 0 amide bonds. The van der Waals surface area contributed by atoms with Gasteiger partial charge in [0.05, 0.1) is 18.5 Å². The highest BCUT2D eigenvalue weighted by atomic mass is 16.5. The Hall–Kier alpha value is -3.08. The number of aryl methyl sites for hydroxylation is 1. The number of nitrogens with one attached hydrogen (secondary N) is 2. The van der Waals surface area contributed by atoms with Crippen molar-refractivity contribution in [2.75, 3.05) is 24.3 Å². The fourth-order valence-electron chi connectivity index (χ4n) is 2.64. The Bertz CT molecular complexity index is 865. The third-order valence-electron chi connectivity index (χ3n) is 3.95. The van der Waals surface area contributed by atoms with Crippen molar-refractivity contribution in [1.82, 2.24) is 9.97 Å². The average Bonchev–Trinajstić information content (AvgIpc) is 2.67. The summed E-state index contributed by atoms with van der Waals surface area (Å²) in [6.07, 6.45) is 1.03. The van der Waals surface area contributed by atoms with E-state index in [4.69, 9.17) is 9.72 Å². The number of nitrogens with zero attached hydrogens (tertiary/aromatic N) is 2. The van der Waals surface area contributed by atoms with Gasteiger partial charge in [-0.05, 0) is 31.0 Å². The van der Waals surface area contributed by atoms with Crippen LogP contribution in [0.15, 0.2) is 54.6 Å². The van der Waals surface area contributed by atoms with E-state index in [-0.39, 0.29) is 0 Å². The number of methoxy groups -OCH3 is 1. The average molecular weight is 348 g/mol. The zero-order valence-corrected chi connectivity index (χ0v) is 15.4. The van der Waals surface area contributed by atoms with E-state index in [1.165, 1.54) is 0 Å². The lowest BCUT2D eigenvalue weighted by Crippen LogP contribution is -2.06. The van der Waals surface area contributed by atoms with Gasteiger partial charge in [-0.3, -0.25) is 0 Å². The summed E-state index contributed by atoms with van der Waals surface area (Å²) in [6, 6.07) is 18.1. The van der Waals surface area contributed by atoms with Crippen molar-refractivity contribution in [2.24, 2.45) is 0 Å². The molecule has 0 fully saturated rings. The van der Waals surface area contributed by atoms with Crippen molar-refractivity contribution in [3.05, 3.63) is 60.2 Å². The minimum absolute atomic E-state index is 0.536. The van der Waals surface area contributed by atoms with Crippen LogP contribution in [0, 0.1) is 6.92 Å². The lowest BCUT2D eigenvalue weighted by atomic mass is 10.1. The smallest absolute Gasteiger partial charge is 0.229 e. The van der Waals surface area contributed by atoms with E-state index >= 15 is 0 Å². The second-order valence-electron chi connectivity index (χ2n) is 6.08. The number of anilines is 3. The van der Waals surface area contributed by atoms with E-state index < -0.39 is 0 Å². The molecular weight excluding hydrogens is 324 g/mol. The first-order valence-electron chi connectivity index (χ1n) is 8.79. The molecule has 3 rings (SSSR count). The number of ether oxygens (including phenoxy) is 1. The van der Waals surface area contributed by atoms with Gasteiger partial charge in [0.15, 0.2) is 0 Å². The molecule has 0 atom stereocenters. The second-order valence-corrected chi connectivity index (χ2v) is 6.08. The maximum Gasteiger partial charge on any atom is 0.229 e. The molecule has 0 radical (unpaired) electrons. The maximum atomic E-state index is 5.45. The highest BCUT2D eigenvalue weighted by molar-refractivity contribution is 5.68. The Kier molecular flexibility index (Phi) is 5.69. The highest BCUT2D eigenvalue weighted by Gasteiger charge is 2.10. The van der Waals surface area contributed by atoms with Crippen LogP contribution in [0.25, 0.3) is 11.3 Å². The van der Waals surface area contributed by atoms with Gasteiger partial charge in [-0.2, -0.15) is 4.98 Å². The Morgan fingerprint density at radius 2 is 1.81 bits per heavy atom. The molecule has 2 aromatic carbocycles. The summed E-state index contributed by atoms with van der Waals surface area (Å²) >= 11 is 0. The number of rotatable bonds is 7. The quantitative estimate of drug-likeness (QED) is 0.627.